The van der Waals surface area contributed by atoms with Crippen LogP contribution in [-0.2, 0) is 11.3 Å². The fourth-order valence-electron chi connectivity index (χ4n) is 2.78. The molecule has 1 fully saturated rings. The van der Waals surface area contributed by atoms with Gasteiger partial charge in [-0.1, -0.05) is 18.2 Å². The Kier molecular flexibility index (Phi) is 5.01. The predicted octanol–water partition coefficient (Wildman–Crippen LogP) is 1.98. The number of carbonyl (C=O) groups excluding carboxylic acids is 1. The van der Waals surface area contributed by atoms with E-state index in [-0.39, 0.29) is 11.9 Å². The van der Waals surface area contributed by atoms with Crippen LogP contribution in [0.5, 0.6) is 0 Å². The molecule has 0 aliphatic carbocycles. The van der Waals surface area contributed by atoms with Gasteiger partial charge in [-0.3, -0.25) is 4.79 Å². The second-order valence-electron chi connectivity index (χ2n) is 5.51. The predicted molar refractivity (Wildman–Crippen MR) is 82.6 cm³/mol. The van der Waals surface area contributed by atoms with Crippen LogP contribution < -0.4 is 10.6 Å². The van der Waals surface area contributed by atoms with Crippen molar-refractivity contribution in [3.63, 3.8) is 0 Å². The van der Waals surface area contributed by atoms with E-state index in [4.69, 9.17) is 5.73 Å². The van der Waals surface area contributed by atoms with Crippen LogP contribution in [0.25, 0.3) is 0 Å². The van der Waals surface area contributed by atoms with Crippen molar-refractivity contribution in [1.29, 1.82) is 0 Å². The van der Waals surface area contributed by atoms with Crippen LogP contribution in [0.15, 0.2) is 24.3 Å². The summed E-state index contributed by atoms with van der Waals surface area (Å²) in [5.74, 6) is 0.221. The summed E-state index contributed by atoms with van der Waals surface area (Å²) >= 11 is 0. The molecule has 1 aromatic carbocycles. The Balaban J connectivity index is 2.11. The Morgan fingerprint density at radius 3 is 2.60 bits per heavy atom. The van der Waals surface area contributed by atoms with Crippen molar-refractivity contribution in [2.45, 2.75) is 38.8 Å². The molecule has 4 heteroatoms. The van der Waals surface area contributed by atoms with E-state index in [1.807, 2.05) is 48.0 Å². The van der Waals surface area contributed by atoms with Crippen molar-refractivity contribution < 1.29 is 4.79 Å². The molecule has 1 aliphatic rings. The molecule has 2 N–H and O–H groups in total. The Hall–Kier alpha value is -1.55. The van der Waals surface area contributed by atoms with Crippen molar-refractivity contribution in [2.75, 3.05) is 25.0 Å². The standard InChI is InChI=1S/C16H25N3O/c1-13(16(20)19-10-6-3-7-11-19)18(2)15-9-5-4-8-14(15)12-17/h4-5,8-9,13H,3,6-7,10-12,17H2,1-2H3. The van der Waals surface area contributed by atoms with Gasteiger partial charge in [-0.2, -0.15) is 0 Å². The first kappa shape index (κ1) is 14.9. The van der Waals surface area contributed by atoms with Gasteiger partial charge < -0.3 is 15.5 Å². The Labute approximate surface area is 121 Å². The smallest absolute Gasteiger partial charge is 0.244 e. The third-order valence-electron chi connectivity index (χ3n) is 4.20. The number of amides is 1. The molecule has 0 bridgehead atoms. The molecule has 0 spiro atoms. The number of likely N-dealkylation sites (tertiary alicyclic amines) is 1. The van der Waals surface area contributed by atoms with Crippen LogP contribution in [0.4, 0.5) is 5.69 Å². The van der Waals surface area contributed by atoms with Crippen LogP contribution in [0.3, 0.4) is 0 Å². The maximum atomic E-state index is 12.6. The lowest BCUT2D eigenvalue weighted by atomic mass is 10.1. The average molecular weight is 275 g/mol. The van der Waals surface area contributed by atoms with Crippen molar-refractivity contribution in [3.05, 3.63) is 29.8 Å². The minimum absolute atomic E-state index is 0.152. The summed E-state index contributed by atoms with van der Waals surface area (Å²) in [7, 11) is 1.97. The van der Waals surface area contributed by atoms with Gasteiger partial charge in [0.05, 0.1) is 0 Å². The molecule has 1 aliphatic heterocycles. The summed E-state index contributed by atoms with van der Waals surface area (Å²) in [6, 6.07) is 7.87. The molecule has 0 radical (unpaired) electrons. The summed E-state index contributed by atoms with van der Waals surface area (Å²) in [4.78, 5) is 16.6. The SMILES string of the molecule is CC(C(=O)N1CCCCC1)N(C)c1ccccc1CN. The highest BCUT2D eigenvalue weighted by Crippen LogP contribution is 2.22. The van der Waals surface area contributed by atoms with E-state index in [9.17, 15) is 4.79 Å². The first-order chi connectivity index (χ1) is 9.65. The zero-order valence-corrected chi connectivity index (χ0v) is 12.5. The fourth-order valence-corrected chi connectivity index (χ4v) is 2.78. The summed E-state index contributed by atoms with van der Waals surface area (Å²) in [5.41, 5.74) is 7.91. The Morgan fingerprint density at radius 1 is 1.30 bits per heavy atom. The number of carbonyl (C=O) groups is 1. The van der Waals surface area contributed by atoms with Gasteiger partial charge in [-0.25, -0.2) is 0 Å². The highest BCUT2D eigenvalue weighted by Gasteiger charge is 2.25. The molecule has 1 saturated heterocycles. The lowest BCUT2D eigenvalue weighted by Crippen LogP contribution is -2.47. The quantitative estimate of drug-likeness (QED) is 0.914. The van der Waals surface area contributed by atoms with Gasteiger partial charge in [0, 0.05) is 32.4 Å². The lowest BCUT2D eigenvalue weighted by Gasteiger charge is -2.34. The minimum Gasteiger partial charge on any atom is -0.363 e. The first-order valence-corrected chi connectivity index (χ1v) is 7.44. The number of anilines is 1. The van der Waals surface area contributed by atoms with Crippen LogP contribution in [0, 0.1) is 0 Å². The number of piperidine rings is 1. The van der Waals surface area contributed by atoms with Gasteiger partial charge in [0.15, 0.2) is 0 Å². The lowest BCUT2D eigenvalue weighted by molar-refractivity contribution is -0.133. The molecule has 1 amide bonds. The van der Waals surface area contributed by atoms with Crippen molar-refractivity contribution in [3.8, 4) is 0 Å². The van der Waals surface area contributed by atoms with E-state index < -0.39 is 0 Å². The van der Waals surface area contributed by atoms with Crippen molar-refractivity contribution >= 4 is 11.6 Å². The van der Waals surface area contributed by atoms with E-state index in [0.717, 1.165) is 37.2 Å². The third kappa shape index (κ3) is 3.12. The van der Waals surface area contributed by atoms with Gasteiger partial charge >= 0.3 is 0 Å². The van der Waals surface area contributed by atoms with Gasteiger partial charge in [-0.15, -0.1) is 0 Å². The highest BCUT2D eigenvalue weighted by atomic mass is 16.2. The average Bonchev–Trinajstić information content (AvgIpc) is 2.53. The topological polar surface area (TPSA) is 49.6 Å². The molecule has 4 nitrogen and oxygen atoms in total. The molecule has 1 unspecified atom stereocenters. The van der Waals surface area contributed by atoms with Crippen molar-refractivity contribution in [2.24, 2.45) is 5.73 Å². The summed E-state index contributed by atoms with van der Waals surface area (Å²) in [6.45, 7) is 4.26. The van der Waals surface area contributed by atoms with Gasteiger partial charge in [0.2, 0.25) is 5.91 Å². The summed E-state index contributed by atoms with van der Waals surface area (Å²) in [5, 5.41) is 0. The van der Waals surface area contributed by atoms with Gasteiger partial charge in [0.25, 0.3) is 0 Å². The zero-order valence-electron chi connectivity index (χ0n) is 12.5. The summed E-state index contributed by atoms with van der Waals surface area (Å²) < 4.78 is 0. The largest absolute Gasteiger partial charge is 0.363 e. The number of likely N-dealkylation sites (N-methyl/N-ethyl adjacent to an activating group) is 1. The molecule has 1 atom stereocenters. The molecule has 0 aromatic heterocycles. The van der Waals surface area contributed by atoms with E-state index in [1.54, 1.807) is 0 Å². The number of hydrogen-bond donors (Lipinski definition) is 1. The van der Waals surface area contributed by atoms with Crippen LogP contribution >= 0.6 is 0 Å². The second-order valence-corrected chi connectivity index (χ2v) is 5.51. The highest BCUT2D eigenvalue weighted by molar-refractivity contribution is 5.85. The normalized spacial score (nSPS) is 16.9. The van der Waals surface area contributed by atoms with Crippen LogP contribution in [-0.4, -0.2) is 37.0 Å². The van der Waals surface area contributed by atoms with Gasteiger partial charge in [-0.05, 0) is 37.8 Å². The number of rotatable bonds is 4. The maximum Gasteiger partial charge on any atom is 0.244 e. The molecule has 0 saturated carbocycles. The maximum absolute atomic E-state index is 12.6. The monoisotopic (exact) mass is 275 g/mol. The van der Waals surface area contributed by atoms with Gasteiger partial charge in [0.1, 0.15) is 6.04 Å². The fraction of sp³-hybridized carbons (Fsp3) is 0.562. The molecular formula is C16H25N3O. The molecule has 2 rings (SSSR count). The van der Waals surface area contributed by atoms with Crippen molar-refractivity contribution in [1.82, 2.24) is 4.90 Å². The number of benzene rings is 1. The van der Waals surface area contributed by atoms with E-state index >= 15 is 0 Å². The Bertz CT molecular complexity index is 455. The van der Waals surface area contributed by atoms with E-state index in [1.165, 1.54) is 6.42 Å². The summed E-state index contributed by atoms with van der Waals surface area (Å²) in [6.07, 6.45) is 3.49. The molecule has 110 valence electrons. The van der Waals surface area contributed by atoms with E-state index in [0.29, 0.717) is 6.54 Å². The minimum atomic E-state index is -0.152. The van der Waals surface area contributed by atoms with Crippen LogP contribution in [0.1, 0.15) is 31.7 Å². The first-order valence-electron chi connectivity index (χ1n) is 7.44. The number of nitrogens with zero attached hydrogens (tertiary/aromatic N) is 2. The molecule has 1 aromatic rings. The molecule has 1 heterocycles. The number of para-hydroxylation sites is 1. The second kappa shape index (κ2) is 6.75. The number of hydrogen-bond acceptors (Lipinski definition) is 3. The molecule has 20 heavy (non-hydrogen) atoms. The molecular weight excluding hydrogens is 250 g/mol. The van der Waals surface area contributed by atoms with Crippen LogP contribution in [0.2, 0.25) is 0 Å². The third-order valence-corrected chi connectivity index (χ3v) is 4.20. The number of nitrogens with two attached hydrogens (primary N) is 1. The van der Waals surface area contributed by atoms with E-state index in [2.05, 4.69) is 0 Å². The Morgan fingerprint density at radius 2 is 1.95 bits per heavy atom. The zero-order chi connectivity index (χ0) is 14.5.